The molecule has 4 heteroatoms. The molecule has 0 aromatic carbocycles. The van der Waals surface area contributed by atoms with Gasteiger partial charge in [0.2, 0.25) is 12.2 Å². The van der Waals surface area contributed by atoms with E-state index in [2.05, 4.69) is 23.8 Å². The van der Waals surface area contributed by atoms with Crippen LogP contribution in [0.1, 0.15) is 65.2 Å². The van der Waals surface area contributed by atoms with Crippen LogP contribution in [-0.4, -0.2) is 17.8 Å². The standard InChI is InChI=1S/C13H22N2O2/c1-3-5-7-9-13(14-11-16,15-12-17)10-8-6-4-2/h3-10H2,1-2H3. The van der Waals surface area contributed by atoms with Crippen LogP contribution >= 0.6 is 0 Å². The molecule has 0 fully saturated rings. The molecule has 96 valence electrons. The van der Waals surface area contributed by atoms with Crippen molar-refractivity contribution in [3.63, 3.8) is 0 Å². The van der Waals surface area contributed by atoms with Gasteiger partial charge in [0.1, 0.15) is 0 Å². The van der Waals surface area contributed by atoms with Crippen LogP contribution in [-0.2, 0) is 9.59 Å². The molecule has 4 nitrogen and oxygen atoms in total. The highest BCUT2D eigenvalue weighted by molar-refractivity contribution is 5.39. The summed E-state index contributed by atoms with van der Waals surface area (Å²) in [7, 11) is 0. The molecule has 0 atom stereocenters. The maximum Gasteiger partial charge on any atom is 0.237 e. The molecule has 0 rings (SSSR count). The summed E-state index contributed by atoms with van der Waals surface area (Å²) >= 11 is 0. The fourth-order valence-electron chi connectivity index (χ4n) is 1.86. The Hall–Kier alpha value is -1.24. The van der Waals surface area contributed by atoms with Gasteiger partial charge in [-0.15, -0.1) is 0 Å². The molecule has 0 unspecified atom stereocenters. The number of hydrogen-bond donors (Lipinski definition) is 0. The molecule has 0 radical (unpaired) electrons. The summed E-state index contributed by atoms with van der Waals surface area (Å²) in [6, 6.07) is 0. The van der Waals surface area contributed by atoms with Crippen molar-refractivity contribution in [3.8, 4) is 0 Å². The highest BCUT2D eigenvalue weighted by Crippen LogP contribution is 2.27. The van der Waals surface area contributed by atoms with Gasteiger partial charge in [-0.1, -0.05) is 39.5 Å². The highest BCUT2D eigenvalue weighted by Gasteiger charge is 2.27. The van der Waals surface area contributed by atoms with E-state index in [1.807, 2.05) is 0 Å². The predicted octanol–water partition coefficient (Wildman–Crippen LogP) is 3.51. The number of unbranched alkanes of at least 4 members (excludes halogenated alkanes) is 4. The molecule has 0 spiro atoms. The van der Waals surface area contributed by atoms with Crippen molar-refractivity contribution < 1.29 is 9.59 Å². The van der Waals surface area contributed by atoms with Gasteiger partial charge in [0.25, 0.3) is 0 Å². The molecule has 0 aromatic heterocycles. The zero-order valence-corrected chi connectivity index (χ0v) is 10.9. The molecule has 0 heterocycles. The summed E-state index contributed by atoms with van der Waals surface area (Å²) in [4.78, 5) is 28.5. The number of nitrogens with zero attached hydrogens (tertiary/aromatic N) is 2. The molecular weight excluding hydrogens is 216 g/mol. The molecule has 17 heavy (non-hydrogen) atoms. The van der Waals surface area contributed by atoms with Gasteiger partial charge in [-0.3, -0.25) is 0 Å². The van der Waals surface area contributed by atoms with Crippen molar-refractivity contribution in [1.82, 2.24) is 0 Å². The maximum atomic E-state index is 10.5. The summed E-state index contributed by atoms with van der Waals surface area (Å²) in [5, 5.41) is 0. The Kier molecular flexibility index (Phi) is 9.22. The number of rotatable bonds is 10. The first-order valence-electron chi connectivity index (χ1n) is 6.42. The lowest BCUT2D eigenvalue weighted by molar-refractivity contribution is 0.351. The Morgan fingerprint density at radius 3 is 1.53 bits per heavy atom. The van der Waals surface area contributed by atoms with E-state index < -0.39 is 5.66 Å². The first-order valence-corrected chi connectivity index (χ1v) is 6.42. The topological polar surface area (TPSA) is 58.9 Å². The smallest absolute Gasteiger partial charge is 0.211 e. The second-order valence-electron chi connectivity index (χ2n) is 4.30. The summed E-state index contributed by atoms with van der Waals surface area (Å²) in [5.41, 5.74) is -0.895. The molecular formula is C13H22N2O2. The largest absolute Gasteiger partial charge is 0.237 e. The van der Waals surface area contributed by atoms with Crippen molar-refractivity contribution in [2.75, 3.05) is 0 Å². The van der Waals surface area contributed by atoms with E-state index in [9.17, 15) is 9.59 Å². The second kappa shape index (κ2) is 9.95. The van der Waals surface area contributed by atoms with E-state index in [1.165, 1.54) is 0 Å². The first-order chi connectivity index (χ1) is 8.24. The third-order valence-electron chi connectivity index (χ3n) is 2.87. The lowest BCUT2D eigenvalue weighted by atomic mass is 9.96. The van der Waals surface area contributed by atoms with Gasteiger partial charge in [-0.05, 0) is 25.7 Å². The van der Waals surface area contributed by atoms with Gasteiger partial charge in [-0.2, -0.15) is 9.98 Å². The first kappa shape index (κ1) is 15.8. The Balaban J connectivity index is 4.60. The van der Waals surface area contributed by atoms with Crippen molar-refractivity contribution >= 4 is 12.2 Å². The number of hydrogen-bond acceptors (Lipinski definition) is 4. The molecule has 0 amide bonds. The normalized spacial score (nSPS) is 10.5. The second-order valence-corrected chi connectivity index (χ2v) is 4.30. The van der Waals surface area contributed by atoms with Gasteiger partial charge < -0.3 is 0 Å². The van der Waals surface area contributed by atoms with Crippen LogP contribution in [0.2, 0.25) is 0 Å². The van der Waals surface area contributed by atoms with Crippen LogP contribution in [0.25, 0.3) is 0 Å². The molecule has 0 aliphatic carbocycles. The Bertz CT molecular complexity index is 260. The molecule has 0 aromatic rings. The number of carbonyl (C=O) groups excluding carboxylic acids is 2. The van der Waals surface area contributed by atoms with Gasteiger partial charge in [0.15, 0.2) is 5.66 Å². The molecule has 0 N–H and O–H groups in total. The Morgan fingerprint density at radius 2 is 1.24 bits per heavy atom. The van der Waals surface area contributed by atoms with Crippen LogP contribution < -0.4 is 0 Å². The SMILES string of the molecule is CCCCCC(CCCCC)(N=C=O)N=C=O. The average Bonchev–Trinajstić information content (AvgIpc) is 2.30. The summed E-state index contributed by atoms with van der Waals surface area (Å²) in [6.07, 6.45) is 10.5. The van der Waals surface area contributed by atoms with E-state index in [0.717, 1.165) is 38.5 Å². The Labute approximate surface area is 103 Å². The van der Waals surface area contributed by atoms with E-state index in [1.54, 1.807) is 12.2 Å². The number of aliphatic imine (C=N–C) groups is 2. The summed E-state index contributed by atoms with van der Waals surface area (Å²) < 4.78 is 0. The van der Waals surface area contributed by atoms with E-state index in [4.69, 9.17) is 0 Å². The van der Waals surface area contributed by atoms with Gasteiger partial charge in [0.05, 0.1) is 0 Å². The fourth-order valence-corrected chi connectivity index (χ4v) is 1.86. The molecule has 0 aliphatic heterocycles. The zero-order valence-electron chi connectivity index (χ0n) is 10.9. The molecule has 0 aliphatic rings. The lowest BCUT2D eigenvalue weighted by Gasteiger charge is -2.21. The molecule has 0 saturated heterocycles. The van der Waals surface area contributed by atoms with E-state index in [0.29, 0.717) is 12.8 Å². The summed E-state index contributed by atoms with van der Waals surface area (Å²) in [5.74, 6) is 0. The quantitative estimate of drug-likeness (QED) is 0.332. The zero-order chi connectivity index (χ0) is 13.0. The van der Waals surface area contributed by atoms with Crippen LogP contribution in [0.15, 0.2) is 9.98 Å². The van der Waals surface area contributed by atoms with Gasteiger partial charge >= 0.3 is 0 Å². The maximum absolute atomic E-state index is 10.5. The van der Waals surface area contributed by atoms with Crippen molar-refractivity contribution in [2.24, 2.45) is 9.98 Å². The highest BCUT2D eigenvalue weighted by atomic mass is 16.1. The fraction of sp³-hybridized carbons (Fsp3) is 0.846. The van der Waals surface area contributed by atoms with Crippen LogP contribution in [0.3, 0.4) is 0 Å². The predicted molar refractivity (Wildman–Crippen MR) is 67.3 cm³/mol. The van der Waals surface area contributed by atoms with Crippen molar-refractivity contribution in [2.45, 2.75) is 70.9 Å². The van der Waals surface area contributed by atoms with Crippen molar-refractivity contribution in [1.29, 1.82) is 0 Å². The average molecular weight is 238 g/mol. The number of isocyanates is 2. The van der Waals surface area contributed by atoms with Gasteiger partial charge in [0, 0.05) is 0 Å². The summed E-state index contributed by atoms with van der Waals surface area (Å²) in [6.45, 7) is 4.20. The van der Waals surface area contributed by atoms with Crippen LogP contribution in [0.4, 0.5) is 0 Å². The molecule has 0 bridgehead atoms. The minimum absolute atomic E-state index is 0.634. The minimum Gasteiger partial charge on any atom is -0.211 e. The van der Waals surface area contributed by atoms with Crippen LogP contribution in [0.5, 0.6) is 0 Å². The van der Waals surface area contributed by atoms with Gasteiger partial charge in [-0.25, -0.2) is 9.59 Å². The van der Waals surface area contributed by atoms with Crippen molar-refractivity contribution in [3.05, 3.63) is 0 Å². The lowest BCUT2D eigenvalue weighted by Crippen LogP contribution is -2.23. The molecule has 0 saturated carbocycles. The third kappa shape index (κ3) is 6.83. The van der Waals surface area contributed by atoms with E-state index in [-0.39, 0.29) is 0 Å². The monoisotopic (exact) mass is 238 g/mol. The minimum atomic E-state index is -0.895. The van der Waals surface area contributed by atoms with E-state index >= 15 is 0 Å². The van der Waals surface area contributed by atoms with Crippen LogP contribution in [0, 0.1) is 0 Å². The third-order valence-corrected chi connectivity index (χ3v) is 2.87. The Morgan fingerprint density at radius 1 is 0.824 bits per heavy atom.